The largest absolute Gasteiger partial charge is 0.314 e. The third-order valence-corrected chi connectivity index (χ3v) is 4.03. The van der Waals surface area contributed by atoms with Gasteiger partial charge < -0.3 is 5.32 Å². The van der Waals surface area contributed by atoms with Crippen LogP contribution >= 0.6 is 0 Å². The Morgan fingerprint density at radius 1 is 1.15 bits per heavy atom. The van der Waals surface area contributed by atoms with Gasteiger partial charge in [-0.25, -0.2) is 0 Å². The van der Waals surface area contributed by atoms with Crippen LogP contribution in [0.25, 0.3) is 0 Å². The van der Waals surface area contributed by atoms with Crippen molar-refractivity contribution in [2.45, 2.75) is 71.8 Å². The van der Waals surface area contributed by atoms with Crippen LogP contribution in [0.2, 0.25) is 0 Å². The highest BCUT2D eigenvalue weighted by molar-refractivity contribution is 5.05. The minimum Gasteiger partial charge on any atom is -0.314 e. The van der Waals surface area contributed by atoms with Gasteiger partial charge in [0.2, 0.25) is 0 Å². The summed E-state index contributed by atoms with van der Waals surface area (Å²) in [6.45, 7) is 7.96. The zero-order valence-electron chi connectivity index (χ0n) is 13.6. The molecule has 0 fully saturated rings. The summed E-state index contributed by atoms with van der Waals surface area (Å²) in [4.78, 5) is 4.48. The minimum atomic E-state index is 0.576. The van der Waals surface area contributed by atoms with Crippen LogP contribution < -0.4 is 5.32 Å². The normalized spacial score (nSPS) is 14.2. The predicted molar refractivity (Wildman–Crippen MR) is 87.9 cm³/mol. The third-order valence-electron chi connectivity index (χ3n) is 4.03. The molecule has 1 N–H and O–H groups in total. The van der Waals surface area contributed by atoms with Crippen LogP contribution in [-0.4, -0.2) is 17.6 Å². The molecule has 0 aliphatic rings. The van der Waals surface area contributed by atoms with Crippen molar-refractivity contribution < 1.29 is 0 Å². The number of unbranched alkanes of at least 4 members (excludes halogenated alkanes) is 1. The smallest absolute Gasteiger partial charge is 0.0419 e. The second-order valence-electron chi connectivity index (χ2n) is 5.83. The molecule has 2 heteroatoms. The van der Waals surface area contributed by atoms with Gasteiger partial charge >= 0.3 is 0 Å². The highest BCUT2D eigenvalue weighted by Gasteiger charge is 2.15. The van der Waals surface area contributed by atoms with E-state index < -0.39 is 0 Å². The SMILES string of the molecule is CCCCC(CC)CC(Cc1ccccn1)NCCC. The van der Waals surface area contributed by atoms with Gasteiger partial charge in [-0.2, -0.15) is 0 Å². The van der Waals surface area contributed by atoms with Crippen molar-refractivity contribution in [1.29, 1.82) is 0 Å². The number of rotatable bonds is 11. The van der Waals surface area contributed by atoms with Crippen molar-refractivity contribution in [2.75, 3.05) is 6.54 Å². The Bertz CT molecular complexity index is 323. The van der Waals surface area contributed by atoms with Crippen LogP contribution in [0.15, 0.2) is 24.4 Å². The van der Waals surface area contributed by atoms with E-state index in [1.165, 1.54) is 44.2 Å². The van der Waals surface area contributed by atoms with Crippen molar-refractivity contribution in [2.24, 2.45) is 5.92 Å². The highest BCUT2D eigenvalue weighted by Crippen LogP contribution is 2.20. The Morgan fingerprint density at radius 3 is 2.60 bits per heavy atom. The van der Waals surface area contributed by atoms with E-state index in [2.05, 4.69) is 43.2 Å². The standard InChI is InChI=1S/C18H32N2/c1-4-7-10-16(6-3)14-18(19-12-5-2)15-17-11-8-9-13-20-17/h8-9,11,13,16,18-19H,4-7,10,12,14-15H2,1-3H3. The van der Waals surface area contributed by atoms with Crippen molar-refractivity contribution in [3.8, 4) is 0 Å². The van der Waals surface area contributed by atoms with Gasteiger partial charge in [0.1, 0.15) is 0 Å². The topological polar surface area (TPSA) is 24.9 Å². The first-order chi connectivity index (χ1) is 9.80. The van der Waals surface area contributed by atoms with Gasteiger partial charge in [-0.1, -0.05) is 52.5 Å². The molecule has 0 saturated carbocycles. The Labute approximate surface area is 125 Å². The lowest BCUT2D eigenvalue weighted by molar-refractivity contribution is 0.346. The lowest BCUT2D eigenvalue weighted by Gasteiger charge is -2.23. The molecule has 0 aromatic carbocycles. The maximum Gasteiger partial charge on any atom is 0.0419 e. The van der Waals surface area contributed by atoms with Gasteiger partial charge in [-0.3, -0.25) is 4.98 Å². The average Bonchev–Trinajstić information content (AvgIpc) is 2.49. The Balaban J connectivity index is 2.53. The van der Waals surface area contributed by atoms with E-state index in [1.54, 1.807) is 0 Å². The van der Waals surface area contributed by atoms with Gasteiger partial charge in [-0.15, -0.1) is 0 Å². The summed E-state index contributed by atoms with van der Waals surface area (Å²) in [6.07, 6.45) is 10.8. The number of hydrogen-bond acceptors (Lipinski definition) is 2. The zero-order chi connectivity index (χ0) is 14.6. The fourth-order valence-corrected chi connectivity index (χ4v) is 2.74. The van der Waals surface area contributed by atoms with Gasteiger partial charge in [0.15, 0.2) is 0 Å². The number of hydrogen-bond donors (Lipinski definition) is 1. The van der Waals surface area contributed by atoms with Crippen LogP contribution in [0.4, 0.5) is 0 Å². The molecule has 114 valence electrons. The molecule has 2 nitrogen and oxygen atoms in total. The first kappa shape index (κ1) is 17.2. The molecule has 1 aromatic heterocycles. The van der Waals surface area contributed by atoms with Gasteiger partial charge in [0.25, 0.3) is 0 Å². The summed E-state index contributed by atoms with van der Waals surface area (Å²) >= 11 is 0. The Morgan fingerprint density at radius 2 is 2.00 bits per heavy atom. The van der Waals surface area contributed by atoms with E-state index in [1.807, 2.05) is 12.3 Å². The summed E-state index contributed by atoms with van der Waals surface area (Å²) in [7, 11) is 0. The molecule has 1 aromatic rings. The second-order valence-corrected chi connectivity index (χ2v) is 5.83. The zero-order valence-corrected chi connectivity index (χ0v) is 13.6. The molecule has 0 spiro atoms. The molecule has 2 atom stereocenters. The number of nitrogens with zero attached hydrogens (tertiary/aromatic N) is 1. The second kappa shape index (κ2) is 10.8. The number of aromatic nitrogens is 1. The average molecular weight is 276 g/mol. The fourth-order valence-electron chi connectivity index (χ4n) is 2.74. The predicted octanol–water partition coefficient (Wildman–Crippen LogP) is 4.60. The van der Waals surface area contributed by atoms with E-state index in [4.69, 9.17) is 0 Å². The molecule has 0 saturated heterocycles. The van der Waals surface area contributed by atoms with E-state index in [0.29, 0.717) is 6.04 Å². The quantitative estimate of drug-likeness (QED) is 0.639. The van der Waals surface area contributed by atoms with Crippen molar-refractivity contribution >= 4 is 0 Å². The first-order valence-electron chi connectivity index (χ1n) is 8.43. The summed E-state index contributed by atoms with van der Waals surface area (Å²) in [5, 5.41) is 3.72. The van der Waals surface area contributed by atoms with Crippen LogP contribution in [0, 0.1) is 5.92 Å². The molecule has 0 bridgehead atoms. The molecular formula is C18H32N2. The Hall–Kier alpha value is -0.890. The first-order valence-corrected chi connectivity index (χ1v) is 8.43. The molecular weight excluding hydrogens is 244 g/mol. The van der Waals surface area contributed by atoms with Crippen molar-refractivity contribution in [3.63, 3.8) is 0 Å². The van der Waals surface area contributed by atoms with E-state index in [9.17, 15) is 0 Å². The third kappa shape index (κ3) is 7.04. The lowest BCUT2D eigenvalue weighted by Crippen LogP contribution is -2.34. The Kier molecular flexibility index (Phi) is 9.31. The summed E-state index contributed by atoms with van der Waals surface area (Å²) in [5.41, 5.74) is 1.21. The van der Waals surface area contributed by atoms with Gasteiger partial charge in [0, 0.05) is 24.4 Å². The fraction of sp³-hybridized carbons (Fsp3) is 0.722. The molecule has 0 aliphatic heterocycles. The summed E-state index contributed by atoms with van der Waals surface area (Å²) in [5.74, 6) is 0.855. The molecule has 0 radical (unpaired) electrons. The van der Waals surface area contributed by atoms with E-state index >= 15 is 0 Å². The molecule has 1 heterocycles. The van der Waals surface area contributed by atoms with Crippen LogP contribution in [0.1, 0.15) is 65.0 Å². The highest BCUT2D eigenvalue weighted by atomic mass is 14.9. The molecule has 20 heavy (non-hydrogen) atoms. The number of pyridine rings is 1. The van der Waals surface area contributed by atoms with E-state index in [-0.39, 0.29) is 0 Å². The van der Waals surface area contributed by atoms with Crippen LogP contribution in [0.5, 0.6) is 0 Å². The van der Waals surface area contributed by atoms with Crippen molar-refractivity contribution in [1.82, 2.24) is 10.3 Å². The molecule has 2 unspecified atom stereocenters. The van der Waals surface area contributed by atoms with E-state index in [0.717, 1.165) is 18.9 Å². The van der Waals surface area contributed by atoms with Gasteiger partial charge in [-0.05, 0) is 37.4 Å². The molecule has 0 aliphatic carbocycles. The monoisotopic (exact) mass is 276 g/mol. The molecule has 0 amide bonds. The van der Waals surface area contributed by atoms with Crippen LogP contribution in [0.3, 0.4) is 0 Å². The van der Waals surface area contributed by atoms with Gasteiger partial charge in [0.05, 0.1) is 0 Å². The van der Waals surface area contributed by atoms with Crippen LogP contribution in [-0.2, 0) is 6.42 Å². The van der Waals surface area contributed by atoms with Crippen molar-refractivity contribution in [3.05, 3.63) is 30.1 Å². The number of nitrogens with one attached hydrogen (secondary N) is 1. The molecule has 1 rings (SSSR count). The minimum absolute atomic E-state index is 0.576. The summed E-state index contributed by atoms with van der Waals surface area (Å²) < 4.78 is 0. The lowest BCUT2D eigenvalue weighted by atomic mass is 9.90. The maximum absolute atomic E-state index is 4.48. The summed E-state index contributed by atoms with van der Waals surface area (Å²) in [6, 6.07) is 6.81. The maximum atomic E-state index is 4.48.